The van der Waals surface area contributed by atoms with E-state index in [1.807, 2.05) is 78.2 Å². The van der Waals surface area contributed by atoms with Crippen molar-refractivity contribution in [2.24, 2.45) is 0 Å². The maximum absolute atomic E-state index is 6.75. The molecule has 234 valence electrons. The number of rotatable bonds is 5. The molecule has 0 amide bonds. The maximum Gasteiger partial charge on any atom is 0.161 e. The summed E-state index contributed by atoms with van der Waals surface area (Å²) >= 11 is 1.84. The third-order valence-corrected chi connectivity index (χ3v) is 10.5. The summed E-state index contributed by atoms with van der Waals surface area (Å²) in [6.45, 7) is 0. The fourth-order valence-electron chi connectivity index (χ4n) is 7.05. The van der Waals surface area contributed by atoms with E-state index < -0.39 is 0 Å². The number of hydrogen-bond acceptors (Lipinski definition) is 5. The SMILES string of the molecule is c1ccc(-c2cc(-c3ccc(-c4ccc5c(c4)sc4ccccc45)c4c3oc3ccccc34)nc(-c3ccccc3-c3ccccn3)n2)cc1. The first-order chi connectivity index (χ1) is 24.8. The molecule has 0 saturated heterocycles. The minimum Gasteiger partial charge on any atom is -0.455 e. The number of benzene rings is 6. The minimum atomic E-state index is 0.631. The van der Waals surface area contributed by atoms with Gasteiger partial charge in [0.2, 0.25) is 0 Å². The molecule has 0 bridgehead atoms. The van der Waals surface area contributed by atoms with E-state index in [1.165, 1.54) is 20.2 Å². The van der Waals surface area contributed by atoms with Crippen molar-refractivity contribution in [3.05, 3.63) is 164 Å². The Morgan fingerprint density at radius 1 is 0.440 bits per heavy atom. The van der Waals surface area contributed by atoms with Crippen LogP contribution in [0.4, 0.5) is 0 Å². The molecule has 0 N–H and O–H groups in total. The van der Waals surface area contributed by atoms with Crippen LogP contribution in [-0.2, 0) is 0 Å². The number of nitrogens with zero attached hydrogens (tertiary/aromatic N) is 3. The van der Waals surface area contributed by atoms with Gasteiger partial charge in [-0.2, -0.15) is 0 Å². The number of hydrogen-bond donors (Lipinski definition) is 0. The van der Waals surface area contributed by atoms with Gasteiger partial charge in [-0.05, 0) is 53.6 Å². The van der Waals surface area contributed by atoms with Crippen LogP contribution in [0.15, 0.2) is 168 Å². The zero-order valence-corrected chi connectivity index (χ0v) is 27.6. The molecule has 4 nitrogen and oxygen atoms in total. The summed E-state index contributed by atoms with van der Waals surface area (Å²) in [5, 5.41) is 4.74. The van der Waals surface area contributed by atoms with Crippen molar-refractivity contribution in [3.8, 4) is 56.3 Å². The van der Waals surface area contributed by atoms with Crippen LogP contribution in [0.1, 0.15) is 0 Å². The van der Waals surface area contributed by atoms with Crippen molar-refractivity contribution >= 4 is 53.4 Å². The van der Waals surface area contributed by atoms with Crippen molar-refractivity contribution in [3.63, 3.8) is 0 Å². The molecule has 5 heteroatoms. The molecular formula is C45H27N3OS. The Morgan fingerprint density at radius 2 is 1.16 bits per heavy atom. The van der Waals surface area contributed by atoms with Crippen LogP contribution in [0.25, 0.3) is 98.4 Å². The molecular weight excluding hydrogens is 631 g/mol. The molecule has 0 radical (unpaired) electrons. The normalized spacial score (nSPS) is 11.6. The first kappa shape index (κ1) is 28.6. The molecule has 0 saturated carbocycles. The quantitative estimate of drug-likeness (QED) is 0.185. The Balaban J connectivity index is 1.22. The summed E-state index contributed by atoms with van der Waals surface area (Å²) in [4.78, 5) is 15.1. The topological polar surface area (TPSA) is 51.8 Å². The summed E-state index contributed by atoms with van der Waals surface area (Å²) < 4.78 is 9.32. The van der Waals surface area contributed by atoms with Gasteiger partial charge in [-0.3, -0.25) is 4.98 Å². The Kier molecular flexibility index (Phi) is 6.64. The van der Waals surface area contributed by atoms with Crippen LogP contribution >= 0.6 is 11.3 Å². The Labute approximate surface area is 292 Å². The first-order valence-electron chi connectivity index (χ1n) is 16.6. The summed E-state index contributed by atoms with van der Waals surface area (Å²) in [5.41, 5.74) is 10.3. The fourth-order valence-corrected chi connectivity index (χ4v) is 8.20. The second-order valence-corrected chi connectivity index (χ2v) is 13.4. The predicted molar refractivity (Wildman–Crippen MR) is 207 cm³/mol. The van der Waals surface area contributed by atoms with Gasteiger partial charge in [0.1, 0.15) is 11.2 Å². The van der Waals surface area contributed by atoms with Gasteiger partial charge in [0.05, 0.1) is 17.1 Å². The number of fused-ring (bicyclic) bond motifs is 6. The molecule has 4 heterocycles. The lowest BCUT2D eigenvalue weighted by molar-refractivity contribution is 0.670. The van der Waals surface area contributed by atoms with Crippen molar-refractivity contribution in [1.29, 1.82) is 0 Å². The zero-order chi connectivity index (χ0) is 33.0. The van der Waals surface area contributed by atoms with Crippen molar-refractivity contribution in [2.75, 3.05) is 0 Å². The van der Waals surface area contributed by atoms with E-state index in [9.17, 15) is 0 Å². The van der Waals surface area contributed by atoms with Crippen LogP contribution in [-0.4, -0.2) is 15.0 Å². The van der Waals surface area contributed by atoms with Crippen molar-refractivity contribution < 1.29 is 4.42 Å². The van der Waals surface area contributed by atoms with E-state index in [1.54, 1.807) is 0 Å². The summed E-state index contributed by atoms with van der Waals surface area (Å²) in [6, 6.07) is 54.6. The molecule has 4 aromatic heterocycles. The lowest BCUT2D eigenvalue weighted by Crippen LogP contribution is -1.98. The molecule has 0 unspecified atom stereocenters. The Hall–Kier alpha value is -6.43. The molecule has 0 atom stereocenters. The van der Waals surface area contributed by atoms with E-state index in [0.29, 0.717) is 5.82 Å². The zero-order valence-electron chi connectivity index (χ0n) is 26.7. The number of thiophene rings is 1. The lowest BCUT2D eigenvalue weighted by atomic mass is 9.95. The molecule has 50 heavy (non-hydrogen) atoms. The van der Waals surface area contributed by atoms with Gasteiger partial charge in [-0.1, -0.05) is 115 Å². The molecule has 0 aliphatic carbocycles. The number of furan rings is 1. The van der Waals surface area contributed by atoms with E-state index in [0.717, 1.165) is 72.4 Å². The van der Waals surface area contributed by atoms with Gasteiger partial charge in [0.15, 0.2) is 5.82 Å². The van der Waals surface area contributed by atoms with Crippen LogP contribution in [0.2, 0.25) is 0 Å². The summed E-state index contributed by atoms with van der Waals surface area (Å²) in [5.74, 6) is 0.631. The third-order valence-electron chi connectivity index (χ3n) is 9.40. The highest BCUT2D eigenvalue weighted by Gasteiger charge is 2.21. The predicted octanol–water partition coefficient (Wildman–Crippen LogP) is 12.5. The highest BCUT2D eigenvalue weighted by atomic mass is 32.1. The second-order valence-electron chi connectivity index (χ2n) is 12.4. The van der Waals surface area contributed by atoms with E-state index >= 15 is 0 Å². The standard InChI is InChI=1S/C45H27N3OS/c1-2-12-28(13-3-1)38-27-39(48-45(47-38)34-16-5-4-14-31(34)37-18-10-11-25-46-37)35-24-23-30(43-36-17-6-8-19-40(36)49-44(35)43)29-21-22-33-32-15-7-9-20-41(32)50-42(33)26-29/h1-27H. The van der Waals surface area contributed by atoms with E-state index in [2.05, 4.69) is 102 Å². The summed E-state index contributed by atoms with van der Waals surface area (Å²) in [7, 11) is 0. The van der Waals surface area contributed by atoms with E-state index in [-0.39, 0.29) is 0 Å². The van der Waals surface area contributed by atoms with Gasteiger partial charge in [0, 0.05) is 59.4 Å². The molecule has 0 aliphatic heterocycles. The van der Waals surface area contributed by atoms with Crippen LogP contribution in [0, 0.1) is 0 Å². The molecule has 0 aliphatic rings. The van der Waals surface area contributed by atoms with Gasteiger partial charge in [0.25, 0.3) is 0 Å². The highest BCUT2D eigenvalue weighted by Crippen LogP contribution is 2.44. The molecule has 0 spiro atoms. The molecule has 0 fully saturated rings. The number of pyridine rings is 1. The maximum atomic E-state index is 6.75. The highest BCUT2D eigenvalue weighted by molar-refractivity contribution is 7.25. The lowest BCUT2D eigenvalue weighted by Gasteiger charge is -2.13. The Morgan fingerprint density at radius 3 is 2.04 bits per heavy atom. The van der Waals surface area contributed by atoms with Crippen LogP contribution in [0.5, 0.6) is 0 Å². The fraction of sp³-hybridized carbons (Fsp3) is 0. The third kappa shape index (κ3) is 4.71. The van der Waals surface area contributed by atoms with Crippen molar-refractivity contribution in [1.82, 2.24) is 15.0 Å². The van der Waals surface area contributed by atoms with Crippen molar-refractivity contribution in [2.45, 2.75) is 0 Å². The van der Waals surface area contributed by atoms with Gasteiger partial charge < -0.3 is 4.42 Å². The van der Waals surface area contributed by atoms with Gasteiger partial charge in [-0.15, -0.1) is 11.3 Å². The first-order valence-corrected chi connectivity index (χ1v) is 17.4. The summed E-state index contributed by atoms with van der Waals surface area (Å²) in [6.07, 6.45) is 1.82. The van der Waals surface area contributed by atoms with Crippen LogP contribution < -0.4 is 0 Å². The second kappa shape index (κ2) is 11.6. The van der Waals surface area contributed by atoms with Crippen LogP contribution in [0.3, 0.4) is 0 Å². The average Bonchev–Trinajstić information content (AvgIpc) is 3.77. The minimum absolute atomic E-state index is 0.631. The average molecular weight is 658 g/mol. The Bertz CT molecular complexity index is 2870. The number of para-hydroxylation sites is 1. The van der Waals surface area contributed by atoms with Gasteiger partial charge >= 0.3 is 0 Å². The largest absolute Gasteiger partial charge is 0.455 e. The molecule has 10 rings (SSSR count). The van der Waals surface area contributed by atoms with Gasteiger partial charge in [-0.25, -0.2) is 9.97 Å². The van der Waals surface area contributed by atoms with E-state index in [4.69, 9.17) is 14.4 Å². The number of aromatic nitrogens is 3. The monoisotopic (exact) mass is 657 g/mol. The smallest absolute Gasteiger partial charge is 0.161 e. The molecule has 6 aromatic carbocycles. The molecule has 10 aromatic rings.